The number of nitrogens with zero attached hydrogens (tertiary/aromatic N) is 3. The van der Waals surface area contributed by atoms with Gasteiger partial charge >= 0.3 is 0 Å². The average molecular weight is 300 g/mol. The van der Waals surface area contributed by atoms with Gasteiger partial charge in [0.25, 0.3) is 0 Å². The summed E-state index contributed by atoms with van der Waals surface area (Å²) in [4.78, 5) is 0. The highest BCUT2D eigenvalue weighted by atomic mass is 79.9. The highest BCUT2D eigenvalue weighted by Gasteiger charge is 2.21. The first-order chi connectivity index (χ1) is 7.88. The van der Waals surface area contributed by atoms with E-state index in [0.717, 1.165) is 0 Å². The van der Waals surface area contributed by atoms with Gasteiger partial charge < -0.3 is 5.11 Å². The van der Waals surface area contributed by atoms with Crippen molar-refractivity contribution in [2.75, 3.05) is 0 Å². The van der Waals surface area contributed by atoms with E-state index in [1.165, 1.54) is 16.9 Å². The van der Waals surface area contributed by atoms with Crippen molar-refractivity contribution in [1.82, 2.24) is 15.0 Å². The zero-order valence-electron chi connectivity index (χ0n) is 9.35. The third-order valence-electron chi connectivity index (χ3n) is 2.28. The minimum absolute atomic E-state index is 0.288. The van der Waals surface area contributed by atoms with Crippen molar-refractivity contribution >= 4 is 15.9 Å². The fourth-order valence-corrected chi connectivity index (χ4v) is 1.66. The normalized spacial score (nSPS) is 11.8. The van der Waals surface area contributed by atoms with Crippen molar-refractivity contribution in [3.8, 4) is 5.69 Å². The van der Waals surface area contributed by atoms with Gasteiger partial charge in [-0.2, -0.15) is 0 Å². The predicted molar refractivity (Wildman–Crippen MR) is 64.3 cm³/mol. The summed E-state index contributed by atoms with van der Waals surface area (Å²) in [7, 11) is 0. The monoisotopic (exact) mass is 299 g/mol. The minimum Gasteiger partial charge on any atom is -0.384 e. The van der Waals surface area contributed by atoms with Crippen molar-refractivity contribution in [2.24, 2.45) is 0 Å². The second-order valence-electron chi connectivity index (χ2n) is 4.20. The summed E-state index contributed by atoms with van der Waals surface area (Å²) in [6, 6.07) is 4.65. The van der Waals surface area contributed by atoms with Gasteiger partial charge in [-0.1, -0.05) is 21.1 Å². The molecule has 0 aliphatic heterocycles. The van der Waals surface area contributed by atoms with Crippen molar-refractivity contribution in [1.29, 1.82) is 0 Å². The third-order valence-corrected chi connectivity index (χ3v) is 2.77. The Balaban J connectivity index is 2.44. The number of aromatic nitrogens is 3. The Kier molecular flexibility index (Phi) is 3.01. The molecule has 0 spiro atoms. The maximum Gasteiger partial charge on any atom is 0.150 e. The third kappa shape index (κ3) is 2.53. The first-order valence-electron chi connectivity index (χ1n) is 4.98. The smallest absolute Gasteiger partial charge is 0.150 e. The Hall–Kier alpha value is -1.27. The van der Waals surface area contributed by atoms with Crippen LogP contribution in [0.5, 0.6) is 0 Å². The SMILES string of the molecule is CC(C)(O)c1cn(-c2ccc(Br)cc2F)nn1. The number of rotatable bonds is 2. The Morgan fingerprint density at radius 3 is 2.65 bits per heavy atom. The highest BCUT2D eigenvalue weighted by Crippen LogP contribution is 2.21. The number of halogens is 2. The van der Waals surface area contributed by atoms with Gasteiger partial charge in [0, 0.05) is 4.47 Å². The second kappa shape index (κ2) is 4.19. The van der Waals surface area contributed by atoms with Crippen LogP contribution in [0.4, 0.5) is 4.39 Å². The van der Waals surface area contributed by atoms with Crippen LogP contribution in [0.2, 0.25) is 0 Å². The maximum absolute atomic E-state index is 13.7. The molecule has 0 aliphatic rings. The van der Waals surface area contributed by atoms with Crippen LogP contribution < -0.4 is 0 Å². The van der Waals surface area contributed by atoms with E-state index in [1.54, 1.807) is 26.0 Å². The van der Waals surface area contributed by atoms with Gasteiger partial charge in [0.2, 0.25) is 0 Å². The largest absolute Gasteiger partial charge is 0.384 e. The van der Waals surface area contributed by atoms with E-state index < -0.39 is 11.4 Å². The Bertz CT molecular complexity index is 548. The molecule has 0 atom stereocenters. The molecular formula is C11H11BrFN3O. The molecule has 0 amide bonds. The molecule has 1 heterocycles. The molecule has 0 saturated heterocycles. The standard InChI is InChI=1S/C11H11BrFN3O/c1-11(2,17)10-6-16(15-14-10)9-4-3-7(12)5-8(9)13/h3-6,17H,1-2H3. The molecule has 2 aromatic rings. The number of aliphatic hydroxyl groups is 1. The van der Waals surface area contributed by atoms with E-state index in [1.807, 2.05) is 0 Å². The molecule has 0 radical (unpaired) electrons. The molecule has 0 aliphatic carbocycles. The summed E-state index contributed by atoms with van der Waals surface area (Å²) in [5.41, 5.74) is -0.416. The summed E-state index contributed by atoms with van der Waals surface area (Å²) in [5, 5.41) is 17.4. The number of benzene rings is 1. The molecule has 1 aromatic carbocycles. The van der Waals surface area contributed by atoms with Crippen LogP contribution in [0.25, 0.3) is 5.69 Å². The van der Waals surface area contributed by atoms with E-state index in [2.05, 4.69) is 26.2 Å². The van der Waals surface area contributed by atoms with Gasteiger partial charge in [0.1, 0.15) is 22.8 Å². The van der Waals surface area contributed by atoms with Crippen molar-refractivity contribution in [3.63, 3.8) is 0 Å². The van der Waals surface area contributed by atoms with E-state index in [-0.39, 0.29) is 5.69 Å². The van der Waals surface area contributed by atoms with Gasteiger partial charge in [-0.3, -0.25) is 0 Å². The summed E-state index contributed by atoms with van der Waals surface area (Å²) in [5.74, 6) is -0.411. The second-order valence-corrected chi connectivity index (χ2v) is 5.12. The molecule has 90 valence electrons. The Morgan fingerprint density at radius 2 is 2.12 bits per heavy atom. The zero-order valence-corrected chi connectivity index (χ0v) is 10.9. The maximum atomic E-state index is 13.7. The number of hydrogen-bond donors (Lipinski definition) is 1. The molecule has 1 N–H and O–H groups in total. The molecule has 4 nitrogen and oxygen atoms in total. The lowest BCUT2D eigenvalue weighted by Gasteiger charge is -2.11. The predicted octanol–water partition coefficient (Wildman–Crippen LogP) is 2.40. The van der Waals surface area contributed by atoms with Crippen molar-refractivity contribution in [3.05, 3.63) is 40.4 Å². The van der Waals surface area contributed by atoms with Crippen LogP contribution in [0.3, 0.4) is 0 Å². The van der Waals surface area contributed by atoms with Crippen LogP contribution in [-0.4, -0.2) is 20.1 Å². The van der Waals surface area contributed by atoms with E-state index in [0.29, 0.717) is 10.2 Å². The van der Waals surface area contributed by atoms with E-state index in [4.69, 9.17) is 0 Å². The van der Waals surface area contributed by atoms with Crippen molar-refractivity contribution < 1.29 is 9.50 Å². The van der Waals surface area contributed by atoms with Crippen LogP contribution in [0.15, 0.2) is 28.9 Å². The average Bonchev–Trinajstić information content (AvgIpc) is 2.65. The minimum atomic E-state index is -1.09. The van der Waals surface area contributed by atoms with Gasteiger partial charge in [0.15, 0.2) is 0 Å². The van der Waals surface area contributed by atoms with Crippen LogP contribution in [-0.2, 0) is 5.60 Å². The summed E-state index contributed by atoms with van der Waals surface area (Å²) in [6.07, 6.45) is 1.51. The first kappa shape index (κ1) is 12.2. The molecule has 0 saturated carbocycles. The highest BCUT2D eigenvalue weighted by molar-refractivity contribution is 9.10. The molecule has 1 aromatic heterocycles. The van der Waals surface area contributed by atoms with E-state index >= 15 is 0 Å². The quantitative estimate of drug-likeness (QED) is 0.926. The fraction of sp³-hybridized carbons (Fsp3) is 0.273. The number of hydrogen-bond acceptors (Lipinski definition) is 3. The molecule has 0 fully saturated rings. The molecular weight excluding hydrogens is 289 g/mol. The molecule has 0 unspecified atom stereocenters. The van der Waals surface area contributed by atoms with Crippen LogP contribution in [0, 0.1) is 5.82 Å². The first-order valence-corrected chi connectivity index (χ1v) is 5.78. The molecule has 17 heavy (non-hydrogen) atoms. The van der Waals surface area contributed by atoms with Crippen LogP contribution in [0.1, 0.15) is 19.5 Å². The lowest BCUT2D eigenvalue weighted by molar-refractivity contribution is 0.0737. The van der Waals surface area contributed by atoms with Crippen LogP contribution >= 0.6 is 15.9 Å². The molecule has 0 bridgehead atoms. The van der Waals surface area contributed by atoms with Gasteiger partial charge in [-0.15, -0.1) is 5.10 Å². The lowest BCUT2D eigenvalue weighted by Crippen LogP contribution is -2.15. The Morgan fingerprint density at radius 1 is 1.41 bits per heavy atom. The fourth-order valence-electron chi connectivity index (χ4n) is 1.33. The van der Waals surface area contributed by atoms with E-state index in [9.17, 15) is 9.50 Å². The Labute approximate surface area is 106 Å². The van der Waals surface area contributed by atoms with Gasteiger partial charge in [-0.05, 0) is 32.0 Å². The lowest BCUT2D eigenvalue weighted by atomic mass is 10.1. The van der Waals surface area contributed by atoms with Gasteiger partial charge in [-0.25, -0.2) is 9.07 Å². The summed E-state index contributed by atoms with van der Waals surface area (Å²) < 4.78 is 15.6. The molecule has 6 heteroatoms. The zero-order chi connectivity index (χ0) is 12.6. The topological polar surface area (TPSA) is 50.9 Å². The summed E-state index contributed by atoms with van der Waals surface area (Å²) >= 11 is 3.18. The van der Waals surface area contributed by atoms with Gasteiger partial charge in [0.05, 0.1) is 6.20 Å². The van der Waals surface area contributed by atoms with Crippen molar-refractivity contribution in [2.45, 2.75) is 19.4 Å². The summed E-state index contributed by atoms with van der Waals surface area (Å²) in [6.45, 7) is 3.19. The molecule has 2 rings (SSSR count).